The van der Waals surface area contributed by atoms with Crippen molar-refractivity contribution >= 4 is 0 Å². The molecule has 2 heterocycles. The zero-order valence-electron chi connectivity index (χ0n) is 15.1. The Labute approximate surface area is 149 Å². The van der Waals surface area contributed by atoms with Gasteiger partial charge in [0.25, 0.3) is 0 Å². The number of hydrogen-bond acceptors (Lipinski definition) is 5. The summed E-state index contributed by atoms with van der Waals surface area (Å²) in [6, 6.07) is 6.49. The number of hydrogen-bond donors (Lipinski definition) is 1. The standard InChI is InChI=1S/C19H28N4O2/c1-15-6-5-7-16(2)19(15)25-12-18(24)11-22-9-4-3-8-17(22)10-23-14-20-13-21-23/h5-7,13-14,17-18,24H,3-4,8-12H2,1-2H3/t17-,18-/m0/s1. The summed E-state index contributed by atoms with van der Waals surface area (Å²) in [4.78, 5) is 6.38. The van der Waals surface area contributed by atoms with Crippen molar-refractivity contribution in [3.8, 4) is 5.75 Å². The summed E-state index contributed by atoms with van der Waals surface area (Å²) < 4.78 is 7.79. The molecule has 1 fully saturated rings. The molecule has 1 saturated heterocycles. The van der Waals surface area contributed by atoms with Gasteiger partial charge in [0.15, 0.2) is 0 Å². The fraction of sp³-hybridized carbons (Fsp3) is 0.579. The van der Waals surface area contributed by atoms with Crippen molar-refractivity contribution in [3.63, 3.8) is 0 Å². The molecule has 0 aliphatic carbocycles. The van der Waals surface area contributed by atoms with E-state index in [0.717, 1.165) is 36.4 Å². The molecule has 25 heavy (non-hydrogen) atoms. The van der Waals surface area contributed by atoms with E-state index in [-0.39, 0.29) is 0 Å². The lowest BCUT2D eigenvalue weighted by atomic mass is 10.0. The van der Waals surface area contributed by atoms with E-state index in [2.05, 4.69) is 15.0 Å². The van der Waals surface area contributed by atoms with Crippen LogP contribution < -0.4 is 4.74 Å². The molecule has 2 atom stereocenters. The summed E-state index contributed by atoms with van der Waals surface area (Å²) >= 11 is 0. The number of aryl methyl sites for hydroxylation is 2. The van der Waals surface area contributed by atoms with E-state index >= 15 is 0 Å². The van der Waals surface area contributed by atoms with Gasteiger partial charge in [-0.25, -0.2) is 4.98 Å². The summed E-state index contributed by atoms with van der Waals surface area (Å²) in [5.41, 5.74) is 2.21. The van der Waals surface area contributed by atoms with Crippen LogP contribution in [-0.2, 0) is 6.54 Å². The van der Waals surface area contributed by atoms with Gasteiger partial charge >= 0.3 is 0 Å². The fourth-order valence-electron chi connectivity index (χ4n) is 3.58. The molecular weight excluding hydrogens is 316 g/mol. The molecule has 0 amide bonds. The van der Waals surface area contributed by atoms with E-state index in [9.17, 15) is 5.11 Å². The van der Waals surface area contributed by atoms with Crippen molar-refractivity contribution in [3.05, 3.63) is 42.0 Å². The fourth-order valence-corrected chi connectivity index (χ4v) is 3.58. The predicted molar refractivity (Wildman–Crippen MR) is 96.7 cm³/mol. The van der Waals surface area contributed by atoms with Crippen LogP contribution in [0.5, 0.6) is 5.75 Å². The minimum Gasteiger partial charge on any atom is -0.490 e. The minimum atomic E-state index is -0.504. The smallest absolute Gasteiger partial charge is 0.137 e. The quantitative estimate of drug-likeness (QED) is 0.834. The Kier molecular flexibility index (Phi) is 6.04. The molecule has 1 aromatic carbocycles. The highest BCUT2D eigenvalue weighted by Gasteiger charge is 2.25. The monoisotopic (exact) mass is 344 g/mol. The number of piperidine rings is 1. The molecule has 1 N–H and O–H groups in total. The average molecular weight is 344 g/mol. The SMILES string of the molecule is Cc1cccc(C)c1OC[C@@H](O)CN1CCCC[C@H]1Cn1cncn1. The van der Waals surface area contributed by atoms with Gasteiger partial charge in [-0.2, -0.15) is 5.10 Å². The van der Waals surface area contributed by atoms with Crippen molar-refractivity contribution < 1.29 is 9.84 Å². The second kappa shape index (κ2) is 8.45. The first kappa shape index (κ1) is 17.9. The maximum atomic E-state index is 10.5. The summed E-state index contributed by atoms with van der Waals surface area (Å²) in [5, 5.41) is 14.7. The molecule has 6 heteroatoms. The molecule has 1 aliphatic rings. The second-order valence-electron chi connectivity index (χ2n) is 6.95. The maximum absolute atomic E-state index is 10.5. The van der Waals surface area contributed by atoms with Gasteiger partial charge in [-0.05, 0) is 44.4 Å². The Hall–Kier alpha value is -1.92. The number of likely N-dealkylation sites (tertiary alicyclic amines) is 1. The highest BCUT2D eigenvalue weighted by atomic mass is 16.5. The first-order valence-corrected chi connectivity index (χ1v) is 9.07. The zero-order chi connectivity index (χ0) is 17.6. The molecule has 0 radical (unpaired) electrons. The third kappa shape index (κ3) is 4.80. The van der Waals surface area contributed by atoms with E-state index in [4.69, 9.17) is 4.74 Å². The van der Waals surface area contributed by atoms with Gasteiger partial charge in [0.2, 0.25) is 0 Å². The van der Waals surface area contributed by atoms with Crippen LogP contribution in [0.25, 0.3) is 0 Å². The number of rotatable bonds is 7. The molecule has 2 aromatic rings. The molecule has 136 valence electrons. The van der Waals surface area contributed by atoms with Crippen LogP contribution in [0.2, 0.25) is 0 Å². The van der Waals surface area contributed by atoms with E-state index in [1.165, 1.54) is 12.8 Å². The van der Waals surface area contributed by atoms with Crippen LogP contribution in [-0.4, -0.2) is 56.6 Å². The number of β-amino-alcohol motifs (C(OH)–C–C–N with tert-alkyl or cyclic N) is 1. The Balaban J connectivity index is 1.54. The lowest BCUT2D eigenvalue weighted by Crippen LogP contribution is -2.46. The molecule has 1 aliphatic heterocycles. The van der Waals surface area contributed by atoms with Crippen molar-refractivity contribution in [2.45, 2.75) is 51.8 Å². The number of para-hydroxylation sites is 1. The van der Waals surface area contributed by atoms with E-state index in [0.29, 0.717) is 19.2 Å². The Morgan fingerprint density at radius 3 is 2.80 bits per heavy atom. The van der Waals surface area contributed by atoms with Crippen LogP contribution in [0.3, 0.4) is 0 Å². The lowest BCUT2D eigenvalue weighted by Gasteiger charge is -2.36. The van der Waals surface area contributed by atoms with Crippen molar-refractivity contribution in [2.75, 3.05) is 19.7 Å². The highest BCUT2D eigenvalue weighted by Crippen LogP contribution is 2.23. The summed E-state index contributed by atoms with van der Waals surface area (Å²) in [7, 11) is 0. The topological polar surface area (TPSA) is 63.4 Å². The zero-order valence-corrected chi connectivity index (χ0v) is 15.1. The largest absolute Gasteiger partial charge is 0.490 e. The number of benzene rings is 1. The molecule has 6 nitrogen and oxygen atoms in total. The van der Waals surface area contributed by atoms with Gasteiger partial charge < -0.3 is 9.84 Å². The number of aromatic nitrogens is 3. The molecular formula is C19H28N4O2. The Bertz CT molecular complexity index is 639. The number of ether oxygens (including phenoxy) is 1. The van der Waals surface area contributed by atoms with Crippen molar-refractivity contribution in [1.82, 2.24) is 19.7 Å². The molecule has 0 saturated carbocycles. The van der Waals surface area contributed by atoms with E-state index in [1.807, 2.05) is 36.7 Å². The molecule has 0 unspecified atom stereocenters. The normalized spacial score (nSPS) is 19.7. The van der Waals surface area contributed by atoms with E-state index < -0.39 is 6.10 Å². The molecule has 1 aromatic heterocycles. The summed E-state index contributed by atoms with van der Waals surface area (Å²) in [5.74, 6) is 0.888. The van der Waals surface area contributed by atoms with Gasteiger partial charge in [0, 0.05) is 12.6 Å². The van der Waals surface area contributed by atoms with Crippen molar-refractivity contribution in [2.24, 2.45) is 0 Å². The predicted octanol–water partition coefficient (Wildman–Crippen LogP) is 2.19. The third-order valence-electron chi connectivity index (χ3n) is 4.89. The number of aliphatic hydroxyl groups is 1. The van der Waals surface area contributed by atoms with Gasteiger partial charge in [-0.1, -0.05) is 24.6 Å². The minimum absolute atomic E-state index is 0.318. The average Bonchev–Trinajstić information content (AvgIpc) is 3.09. The van der Waals surface area contributed by atoms with E-state index in [1.54, 1.807) is 12.7 Å². The van der Waals surface area contributed by atoms with Crippen molar-refractivity contribution in [1.29, 1.82) is 0 Å². The summed E-state index contributed by atoms with van der Waals surface area (Å²) in [6.07, 6.45) is 6.36. The summed E-state index contributed by atoms with van der Waals surface area (Å²) in [6.45, 7) is 6.85. The number of aliphatic hydroxyl groups excluding tert-OH is 1. The molecule has 0 spiro atoms. The van der Waals surface area contributed by atoms with Crippen LogP contribution >= 0.6 is 0 Å². The van der Waals surface area contributed by atoms with Gasteiger partial charge in [0.1, 0.15) is 31.1 Å². The first-order chi connectivity index (χ1) is 12.1. The Morgan fingerprint density at radius 1 is 1.28 bits per heavy atom. The lowest BCUT2D eigenvalue weighted by molar-refractivity contribution is 0.0342. The maximum Gasteiger partial charge on any atom is 0.137 e. The molecule has 3 rings (SSSR count). The molecule has 0 bridgehead atoms. The van der Waals surface area contributed by atoms with Gasteiger partial charge in [-0.3, -0.25) is 9.58 Å². The van der Waals surface area contributed by atoms with Crippen LogP contribution in [0.4, 0.5) is 0 Å². The van der Waals surface area contributed by atoms with Gasteiger partial charge in [0.05, 0.1) is 6.54 Å². The van der Waals surface area contributed by atoms with Crippen LogP contribution in [0, 0.1) is 13.8 Å². The van der Waals surface area contributed by atoms with Crippen LogP contribution in [0.15, 0.2) is 30.9 Å². The second-order valence-corrected chi connectivity index (χ2v) is 6.95. The van der Waals surface area contributed by atoms with Gasteiger partial charge in [-0.15, -0.1) is 0 Å². The highest BCUT2D eigenvalue weighted by molar-refractivity contribution is 5.39. The Morgan fingerprint density at radius 2 is 2.08 bits per heavy atom. The third-order valence-corrected chi connectivity index (χ3v) is 4.89. The number of nitrogens with zero attached hydrogens (tertiary/aromatic N) is 4. The van der Waals surface area contributed by atoms with Crippen LogP contribution in [0.1, 0.15) is 30.4 Å². The first-order valence-electron chi connectivity index (χ1n) is 9.07.